The number of carbonyl (C=O) groups is 2. The molecule has 0 bridgehead atoms. The number of aromatic nitrogens is 1. The lowest BCUT2D eigenvalue weighted by atomic mass is 10.3. The van der Waals surface area contributed by atoms with Crippen LogP contribution in [0.1, 0.15) is 24.3 Å². The summed E-state index contributed by atoms with van der Waals surface area (Å²) in [6.45, 7) is 3.68. The quantitative estimate of drug-likeness (QED) is 0.740. The second kappa shape index (κ2) is 3.55. The Morgan fingerprint density at radius 1 is 1.62 bits per heavy atom. The lowest BCUT2D eigenvalue weighted by Crippen LogP contribution is -2.41. The maximum atomic E-state index is 11.4. The number of carboxylic acids is 1. The molecular weight excluding hydrogens is 212 g/mol. The molecule has 2 N–H and O–H groups in total. The minimum atomic E-state index is -1.07. The van der Waals surface area contributed by atoms with Gasteiger partial charge in [-0.15, -0.1) is 0 Å². The van der Waals surface area contributed by atoms with Gasteiger partial charge < -0.3 is 14.8 Å². The first-order valence-electron chi connectivity index (χ1n) is 4.90. The normalized spacial score (nSPS) is 18.9. The van der Waals surface area contributed by atoms with Gasteiger partial charge >= 0.3 is 5.97 Å². The SMILES string of the molecule is CC(=O)N1CC(C)Oc2cc(C(=O)O)[nH]c21. The molecule has 1 aliphatic heterocycles. The molecule has 1 aromatic heterocycles. The van der Waals surface area contributed by atoms with Gasteiger partial charge in [-0.2, -0.15) is 0 Å². The molecule has 1 unspecified atom stereocenters. The zero-order valence-electron chi connectivity index (χ0n) is 8.98. The van der Waals surface area contributed by atoms with Crippen LogP contribution in [0, 0.1) is 0 Å². The van der Waals surface area contributed by atoms with Crippen LogP contribution in [0.15, 0.2) is 6.07 Å². The standard InChI is InChI=1S/C10H12N2O4/c1-5-4-12(6(2)13)9-8(16-5)3-7(11-9)10(14)15/h3,5,11H,4H2,1-2H3,(H,14,15). The van der Waals surface area contributed by atoms with Gasteiger partial charge in [0.15, 0.2) is 11.6 Å². The van der Waals surface area contributed by atoms with E-state index in [0.29, 0.717) is 18.1 Å². The molecule has 6 heteroatoms. The van der Waals surface area contributed by atoms with Crippen molar-refractivity contribution in [2.24, 2.45) is 0 Å². The van der Waals surface area contributed by atoms with Crippen molar-refractivity contribution in [1.82, 2.24) is 4.98 Å². The minimum Gasteiger partial charge on any atom is -0.485 e. The number of aromatic carboxylic acids is 1. The predicted octanol–water partition coefficient (Wildman–Crippen LogP) is 0.847. The number of carbonyl (C=O) groups excluding carboxylic acids is 1. The van der Waals surface area contributed by atoms with Crippen LogP contribution in [-0.2, 0) is 4.79 Å². The summed E-state index contributed by atoms with van der Waals surface area (Å²) in [7, 11) is 0. The van der Waals surface area contributed by atoms with Crippen molar-refractivity contribution in [3.8, 4) is 5.75 Å². The molecule has 0 fully saturated rings. The van der Waals surface area contributed by atoms with Crippen LogP contribution >= 0.6 is 0 Å². The summed E-state index contributed by atoms with van der Waals surface area (Å²) in [6.07, 6.45) is -0.145. The van der Waals surface area contributed by atoms with Crippen molar-refractivity contribution in [2.45, 2.75) is 20.0 Å². The van der Waals surface area contributed by atoms with Gasteiger partial charge in [0, 0.05) is 13.0 Å². The molecule has 0 spiro atoms. The third kappa shape index (κ3) is 1.62. The maximum absolute atomic E-state index is 11.4. The number of nitrogens with one attached hydrogen (secondary N) is 1. The van der Waals surface area contributed by atoms with Gasteiger partial charge in [0.25, 0.3) is 0 Å². The Balaban J connectivity index is 2.45. The highest BCUT2D eigenvalue weighted by atomic mass is 16.5. The number of hydrogen-bond acceptors (Lipinski definition) is 3. The highest BCUT2D eigenvalue weighted by molar-refractivity contribution is 5.95. The molecule has 2 heterocycles. The summed E-state index contributed by atoms with van der Waals surface area (Å²) in [5, 5.41) is 8.83. The lowest BCUT2D eigenvalue weighted by molar-refractivity contribution is -0.117. The Morgan fingerprint density at radius 2 is 2.31 bits per heavy atom. The number of ether oxygens (including phenoxy) is 1. The van der Waals surface area contributed by atoms with E-state index < -0.39 is 5.97 Å². The Hall–Kier alpha value is -1.98. The molecule has 16 heavy (non-hydrogen) atoms. The zero-order valence-corrected chi connectivity index (χ0v) is 8.98. The number of nitrogens with zero attached hydrogens (tertiary/aromatic N) is 1. The van der Waals surface area contributed by atoms with E-state index in [1.165, 1.54) is 17.9 Å². The van der Waals surface area contributed by atoms with E-state index in [2.05, 4.69) is 4.98 Å². The Bertz CT molecular complexity index is 452. The molecule has 2 rings (SSSR count). The van der Waals surface area contributed by atoms with Crippen LogP contribution in [0.3, 0.4) is 0 Å². The minimum absolute atomic E-state index is 0.0188. The third-order valence-electron chi connectivity index (χ3n) is 2.41. The largest absolute Gasteiger partial charge is 0.485 e. The van der Waals surface area contributed by atoms with E-state index >= 15 is 0 Å². The van der Waals surface area contributed by atoms with Gasteiger partial charge in [0.1, 0.15) is 11.8 Å². The first-order valence-corrected chi connectivity index (χ1v) is 4.90. The molecule has 0 radical (unpaired) electrons. The number of anilines is 1. The molecule has 1 aliphatic rings. The molecule has 86 valence electrons. The molecule has 1 amide bonds. The monoisotopic (exact) mass is 224 g/mol. The van der Waals surface area contributed by atoms with Crippen LogP contribution in [0.5, 0.6) is 5.75 Å². The molecule has 0 saturated heterocycles. The van der Waals surface area contributed by atoms with E-state index in [-0.39, 0.29) is 17.7 Å². The van der Waals surface area contributed by atoms with Gasteiger partial charge in [0.2, 0.25) is 5.91 Å². The fraction of sp³-hybridized carbons (Fsp3) is 0.400. The van der Waals surface area contributed by atoms with Crippen LogP contribution < -0.4 is 9.64 Å². The van der Waals surface area contributed by atoms with Crippen molar-refractivity contribution >= 4 is 17.7 Å². The molecule has 6 nitrogen and oxygen atoms in total. The molecule has 0 saturated carbocycles. The van der Waals surface area contributed by atoms with E-state index in [1.54, 1.807) is 0 Å². The topological polar surface area (TPSA) is 82.6 Å². The Morgan fingerprint density at radius 3 is 2.88 bits per heavy atom. The van der Waals surface area contributed by atoms with Gasteiger partial charge in [0.05, 0.1) is 6.54 Å². The molecule has 0 aliphatic carbocycles. The van der Waals surface area contributed by atoms with Crippen LogP contribution in [-0.4, -0.2) is 34.6 Å². The van der Waals surface area contributed by atoms with Crippen LogP contribution in [0.4, 0.5) is 5.82 Å². The summed E-state index contributed by atoms with van der Waals surface area (Å²) in [5.74, 6) is -0.390. The van der Waals surface area contributed by atoms with Gasteiger partial charge in [-0.05, 0) is 6.92 Å². The summed E-state index contributed by atoms with van der Waals surface area (Å²) in [5.41, 5.74) is 0.0188. The smallest absolute Gasteiger partial charge is 0.352 e. The first kappa shape index (κ1) is 10.5. The first-order chi connectivity index (χ1) is 7.49. The van der Waals surface area contributed by atoms with E-state index in [9.17, 15) is 9.59 Å². The Kier molecular flexibility index (Phi) is 2.34. The third-order valence-corrected chi connectivity index (χ3v) is 2.41. The van der Waals surface area contributed by atoms with Gasteiger partial charge in [-0.25, -0.2) is 4.79 Å². The lowest BCUT2D eigenvalue weighted by Gasteiger charge is -2.30. The average Bonchev–Trinajstić information content (AvgIpc) is 2.59. The highest BCUT2D eigenvalue weighted by Crippen LogP contribution is 2.33. The maximum Gasteiger partial charge on any atom is 0.352 e. The zero-order chi connectivity index (χ0) is 11.9. The fourth-order valence-electron chi connectivity index (χ4n) is 1.72. The summed E-state index contributed by atoms with van der Waals surface area (Å²) in [6, 6.07) is 1.39. The number of carboxylic acid groups (broad SMARTS) is 1. The predicted molar refractivity (Wildman–Crippen MR) is 55.9 cm³/mol. The van der Waals surface area contributed by atoms with Gasteiger partial charge in [-0.1, -0.05) is 0 Å². The van der Waals surface area contributed by atoms with Crippen LogP contribution in [0.2, 0.25) is 0 Å². The van der Waals surface area contributed by atoms with Crippen molar-refractivity contribution in [3.05, 3.63) is 11.8 Å². The van der Waals surface area contributed by atoms with Crippen molar-refractivity contribution in [1.29, 1.82) is 0 Å². The highest BCUT2D eigenvalue weighted by Gasteiger charge is 2.28. The fourth-order valence-corrected chi connectivity index (χ4v) is 1.72. The molecule has 1 atom stereocenters. The number of aromatic amines is 1. The summed E-state index contributed by atoms with van der Waals surface area (Å²) in [4.78, 5) is 26.3. The van der Waals surface area contributed by atoms with Crippen molar-refractivity contribution < 1.29 is 19.4 Å². The molecule has 0 aromatic carbocycles. The van der Waals surface area contributed by atoms with Gasteiger partial charge in [-0.3, -0.25) is 9.69 Å². The second-order valence-electron chi connectivity index (χ2n) is 3.76. The van der Waals surface area contributed by atoms with Crippen LogP contribution in [0.25, 0.3) is 0 Å². The molecular formula is C10H12N2O4. The number of fused-ring (bicyclic) bond motifs is 1. The number of H-pyrrole nitrogens is 1. The number of amides is 1. The average molecular weight is 224 g/mol. The van der Waals surface area contributed by atoms with E-state index in [4.69, 9.17) is 9.84 Å². The van der Waals surface area contributed by atoms with Crippen molar-refractivity contribution in [3.63, 3.8) is 0 Å². The number of hydrogen-bond donors (Lipinski definition) is 2. The van der Waals surface area contributed by atoms with Crippen molar-refractivity contribution in [2.75, 3.05) is 11.4 Å². The van der Waals surface area contributed by atoms with E-state index in [0.717, 1.165) is 0 Å². The second-order valence-corrected chi connectivity index (χ2v) is 3.76. The molecule has 1 aromatic rings. The Labute approximate surface area is 91.8 Å². The van der Waals surface area contributed by atoms with E-state index in [1.807, 2.05) is 6.92 Å². The number of rotatable bonds is 1. The summed E-state index contributed by atoms with van der Waals surface area (Å²) < 4.78 is 5.45. The summed E-state index contributed by atoms with van der Waals surface area (Å²) >= 11 is 0.